The summed E-state index contributed by atoms with van der Waals surface area (Å²) < 4.78 is 0.995. The second kappa shape index (κ2) is 2.95. The topological polar surface area (TPSA) is 38.1 Å². The molecular weight excluding hydrogens is 152 g/mol. The molecule has 1 aromatic rings. The first-order valence-electron chi connectivity index (χ1n) is 3.94. The number of hydrogen-bond acceptors (Lipinski definition) is 2. The van der Waals surface area contributed by atoms with E-state index in [9.17, 15) is 5.21 Å². The molecule has 1 N–H and O–H groups in total. The van der Waals surface area contributed by atoms with Crippen LogP contribution in [0.5, 0.6) is 0 Å². The molecule has 1 aliphatic rings. The Morgan fingerprint density at radius 2 is 2.00 bits per heavy atom. The molecule has 2 rings (SSSR count). The van der Waals surface area contributed by atoms with E-state index >= 15 is 0 Å². The Kier molecular flexibility index (Phi) is 1.80. The molecule has 3 heteroatoms. The van der Waals surface area contributed by atoms with Crippen LogP contribution in [-0.2, 0) is 0 Å². The molecule has 0 atom stereocenters. The Balaban J connectivity index is 2.37. The molecule has 0 radical (unpaired) electrons. The third kappa shape index (κ3) is 1.19. The van der Waals surface area contributed by atoms with Gasteiger partial charge >= 0.3 is 0 Å². The van der Waals surface area contributed by atoms with E-state index in [1.807, 2.05) is 30.3 Å². The van der Waals surface area contributed by atoms with E-state index in [1.165, 1.54) is 0 Å². The molecule has 1 aromatic carbocycles. The highest BCUT2D eigenvalue weighted by Crippen LogP contribution is 2.02. The van der Waals surface area contributed by atoms with Gasteiger partial charge in [-0.05, 0) is 12.1 Å². The summed E-state index contributed by atoms with van der Waals surface area (Å²) in [5, 5.41) is 14.2. The van der Waals surface area contributed by atoms with Crippen LogP contribution in [0.2, 0.25) is 0 Å². The van der Waals surface area contributed by atoms with Crippen LogP contribution in [0, 0.1) is 5.21 Å². The summed E-state index contributed by atoms with van der Waals surface area (Å²) in [7, 11) is 0. The molecule has 0 amide bonds. The lowest BCUT2D eigenvalue weighted by molar-refractivity contribution is -0.452. The highest BCUT2D eigenvalue weighted by Gasteiger charge is 2.17. The smallest absolute Gasteiger partial charge is 0.209 e. The summed E-state index contributed by atoms with van der Waals surface area (Å²) >= 11 is 0. The van der Waals surface area contributed by atoms with E-state index in [-0.39, 0.29) is 0 Å². The van der Waals surface area contributed by atoms with Crippen molar-refractivity contribution in [1.29, 1.82) is 0 Å². The SMILES string of the molecule is [O-][N+]1=C(c2ccccc2)CNC1. The molecule has 0 fully saturated rings. The molecule has 0 aliphatic carbocycles. The molecule has 1 heterocycles. The first-order chi connectivity index (χ1) is 5.88. The first kappa shape index (κ1) is 7.31. The molecule has 0 saturated heterocycles. The third-order valence-corrected chi connectivity index (χ3v) is 1.96. The van der Waals surface area contributed by atoms with Crippen LogP contribution in [0.25, 0.3) is 0 Å². The zero-order chi connectivity index (χ0) is 8.39. The summed E-state index contributed by atoms with van der Waals surface area (Å²) in [5.41, 5.74) is 1.84. The Labute approximate surface area is 70.9 Å². The van der Waals surface area contributed by atoms with Gasteiger partial charge in [-0.3, -0.25) is 5.32 Å². The van der Waals surface area contributed by atoms with Crippen LogP contribution in [-0.4, -0.2) is 23.7 Å². The molecule has 0 bridgehead atoms. The van der Waals surface area contributed by atoms with Crippen LogP contribution < -0.4 is 5.32 Å². The van der Waals surface area contributed by atoms with E-state index < -0.39 is 0 Å². The lowest BCUT2D eigenvalue weighted by atomic mass is 10.1. The highest BCUT2D eigenvalue weighted by atomic mass is 16.5. The van der Waals surface area contributed by atoms with Crippen molar-refractivity contribution in [2.24, 2.45) is 0 Å². The maximum Gasteiger partial charge on any atom is 0.209 e. The monoisotopic (exact) mass is 162 g/mol. The van der Waals surface area contributed by atoms with E-state index in [1.54, 1.807) is 0 Å². The molecule has 0 saturated carbocycles. The average molecular weight is 162 g/mol. The second-order valence-electron chi connectivity index (χ2n) is 2.78. The van der Waals surface area contributed by atoms with Gasteiger partial charge in [0.2, 0.25) is 12.4 Å². The minimum Gasteiger partial charge on any atom is -0.623 e. The quantitative estimate of drug-likeness (QED) is 0.483. The number of hydroxylamine groups is 1. The van der Waals surface area contributed by atoms with Crippen molar-refractivity contribution in [3.05, 3.63) is 41.1 Å². The van der Waals surface area contributed by atoms with Gasteiger partial charge in [-0.2, -0.15) is 4.74 Å². The average Bonchev–Trinajstić information content (AvgIpc) is 2.53. The summed E-state index contributed by atoms with van der Waals surface area (Å²) in [5.74, 6) is 0. The fraction of sp³-hybridized carbons (Fsp3) is 0.222. The fourth-order valence-electron chi connectivity index (χ4n) is 1.34. The van der Waals surface area contributed by atoms with Gasteiger partial charge in [0.25, 0.3) is 0 Å². The van der Waals surface area contributed by atoms with Gasteiger partial charge < -0.3 is 5.21 Å². The third-order valence-electron chi connectivity index (χ3n) is 1.96. The van der Waals surface area contributed by atoms with Crippen LogP contribution in [0.4, 0.5) is 0 Å². The molecular formula is C9H10N2O. The summed E-state index contributed by atoms with van der Waals surface area (Å²) in [6.07, 6.45) is 0. The maximum atomic E-state index is 11.2. The molecule has 12 heavy (non-hydrogen) atoms. The van der Waals surface area contributed by atoms with E-state index in [4.69, 9.17) is 0 Å². The van der Waals surface area contributed by atoms with Gasteiger partial charge in [-0.15, -0.1) is 0 Å². The lowest BCUT2D eigenvalue weighted by Gasteiger charge is -1.99. The van der Waals surface area contributed by atoms with Crippen LogP contribution in [0.1, 0.15) is 5.56 Å². The van der Waals surface area contributed by atoms with Gasteiger partial charge in [-0.1, -0.05) is 18.2 Å². The number of rotatable bonds is 1. The van der Waals surface area contributed by atoms with E-state index in [0.29, 0.717) is 13.2 Å². The maximum absolute atomic E-state index is 11.2. The molecule has 62 valence electrons. The first-order valence-corrected chi connectivity index (χ1v) is 3.94. The molecule has 0 spiro atoms. The summed E-state index contributed by atoms with van der Waals surface area (Å²) in [6, 6.07) is 9.73. The van der Waals surface area contributed by atoms with Crippen molar-refractivity contribution in [2.45, 2.75) is 0 Å². The van der Waals surface area contributed by atoms with Crippen LogP contribution >= 0.6 is 0 Å². The second-order valence-corrected chi connectivity index (χ2v) is 2.78. The zero-order valence-electron chi connectivity index (χ0n) is 6.66. The van der Waals surface area contributed by atoms with Crippen molar-refractivity contribution in [3.63, 3.8) is 0 Å². The Hall–Kier alpha value is -1.35. The van der Waals surface area contributed by atoms with Crippen molar-refractivity contribution in [1.82, 2.24) is 5.32 Å². The van der Waals surface area contributed by atoms with Crippen molar-refractivity contribution >= 4 is 5.71 Å². The normalized spacial score (nSPS) is 17.0. The minimum absolute atomic E-state index is 0.407. The predicted molar refractivity (Wildman–Crippen MR) is 47.0 cm³/mol. The number of nitrogens with zero attached hydrogens (tertiary/aromatic N) is 1. The number of benzene rings is 1. The molecule has 1 aliphatic heterocycles. The van der Waals surface area contributed by atoms with Crippen LogP contribution in [0.15, 0.2) is 30.3 Å². The Bertz CT molecular complexity index is 306. The fourth-order valence-corrected chi connectivity index (χ4v) is 1.34. The van der Waals surface area contributed by atoms with Gasteiger partial charge in [0.1, 0.15) is 0 Å². The number of hydrogen-bond donors (Lipinski definition) is 1. The Morgan fingerprint density at radius 3 is 2.58 bits per heavy atom. The predicted octanol–water partition coefficient (Wildman–Crippen LogP) is 0.547. The van der Waals surface area contributed by atoms with Crippen molar-refractivity contribution in [2.75, 3.05) is 13.2 Å². The standard InChI is InChI=1S/C9H10N2O/c12-11-7-10-6-9(11)8-4-2-1-3-5-8/h1-5,10H,6-7H2. The highest BCUT2D eigenvalue weighted by molar-refractivity contribution is 5.98. The van der Waals surface area contributed by atoms with Gasteiger partial charge in [0.05, 0.1) is 6.54 Å². The molecule has 3 nitrogen and oxygen atoms in total. The van der Waals surface area contributed by atoms with E-state index in [0.717, 1.165) is 16.0 Å². The Morgan fingerprint density at radius 1 is 1.25 bits per heavy atom. The largest absolute Gasteiger partial charge is 0.623 e. The van der Waals surface area contributed by atoms with Crippen LogP contribution in [0.3, 0.4) is 0 Å². The van der Waals surface area contributed by atoms with Gasteiger partial charge in [-0.25, -0.2) is 0 Å². The summed E-state index contributed by atoms with van der Waals surface area (Å²) in [4.78, 5) is 0. The van der Waals surface area contributed by atoms with E-state index in [2.05, 4.69) is 5.32 Å². The van der Waals surface area contributed by atoms with Crippen molar-refractivity contribution < 1.29 is 4.74 Å². The van der Waals surface area contributed by atoms with Gasteiger partial charge in [0.15, 0.2) is 0 Å². The zero-order valence-corrected chi connectivity index (χ0v) is 6.66. The summed E-state index contributed by atoms with van der Waals surface area (Å²) in [6.45, 7) is 1.08. The lowest BCUT2D eigenvalue weighted by Crippen LogP contribution is -2.13. The van der Waals surface area contributed by atoms with Crippen molar-refractivity contribution in [3.8, 4) is 0 Å². The number of nitrogens with one attached hydrogen (secondary N) is 1. The molecule has 0 aromatic heterocycles. The van der Waals surface area contributed by atoms with Gasteiger partial charge in [0, 0.05) is 5.56 Å². The molecule has 0 unspecified atom stereocenters. The minimum atomic E-state index is 0.407.